The van der Waals surface area contributed by atoms with Crippen molar-refractivity contribution in [3.63, 3.8) is 0 Å². The van der Waals surface area contributed by atoms with E-state index < -0.39 is 6.03 Å². The van der Waals surface area contributed by atoms with Gasteiger partial charge in [-0.1, -0.05) is 0 Å². The summed E-state index contributed by atoms with van der Waals surface area (Å²) in [6.07, 6.45) is 4.09. The zero-order chi connectivity index (χ0) is 16.2. The van der Waals surface area contributed by atoms with Crippen molar-refractivity contribution in [3.05, 3.63) is 18.5 Å². The fraction of sp³-hybridized carbons (Fsp3) is 0.571. The van der Waals surface area contributed by atoms with Gasteiger partial charge < -0.3 is 15.0 Å². The average Bonchev–Trinajstić information content (AvgIpc) is 3.06. The Bertz CT molecular complexity index is 572. The summed E-state index contributed by atoms with van der Waals surface area (Å²) in [5.41, 5.74) is 0. The van der Waals surface area contributed by atoms with Crippen LogP contribution in [0.3, 0.4) is 0 Å². The average molecular weight is 321 g/mol. The maximum Gasteiger partial charge on any atom is 0.325 e. The molecule has 0 spiro atoms. The molecule has 2 saturated heterocycles. The summed E-state index contributed by atoms with van der Waals surface area (Å²) in [7, 11) is 0. The maximum absolute atomic E-state index is 12.4. The Labute approximate surface area is 133 Å². The van der Waals surface area contributed by atoms with Gasteiger partial charge >= 0.3 is 6.03 Å². The van der Waals surface area contributed by atoms with Gasteiger partial charge in [0.25, 0.3) is 5.91 Å². The Morgan fingerprint density at radius 3 is 3.00 bits per heavy atom. The molecule has 0 unspecified atom stereocenters. The fourth-order valence-corrected chi connectivity index (χ4v) is 2.70. The minimum atomic E-state index is -0.512. The molecule has 1 aromatic heterocycles. The standard InChI is InChI=1S/C14H19N5O4/c20-12-7-15-14(22)19(12)10-13(21)17-4-2-6-23-11(8-17)9-18-5-1-3-16-18/h1,3,5,11H,2,4,6-10H2,(H,15,22)/t11-/m0/s1. The Hall–Kier alpha value is -2.42. The molecule has 0 aliphatic carbocycles. The van der Waals surface area contributed by atoms with Crippen LogP contribution in [0.2, 0.25) is 0 Å². The highest BCUT2D eigenvalue weighted by Gasteiger charge is 2.32. The first-order chi connectivity index (χ1) is 11.1. The largest absolute Gasteiger partial charge is 0.374 e. The molecule has 3 heterocycles. The normalized spacial score (nSPS) is 22.2. The maximum atomic E-state index is 12.4. The Morgan fingerprint density at radius 2 is 2.30 bits per heavy atom. The van der Waals surface area contributed by atoms with Crippen molar-refractivity contribution in [2.75, 3.05) is 32.8 Å². The third kappa shape index (κ3) is 3.67. The van der Waals surface area contributed by atoms with Crippen LogP contribution >= 0.6 is 0 Å². The van der Waals surface area contributed by atoms with E-state index >= 15 is 0 Å². The highest BCUT2D eigenvalue weighted by molar-refractivity contribution is 6.04. The van der Waals surface area contributed by atoms with Crippen molar-refractivity contribution < 1.29 is 19.1 Å². The van der Waals surface area contributed by atoms with Gasteiger partial charge in [-0.05, 0) is 12.5 Å². The van der Waals surface area contributed by atoms with E-state index in [-0.39, 0.29) is 31.0 Å². The van der Waals surface area contributed by atoms with Gasteiger partial charge in [-0.25, -0.2) is 4.79 Å². The molecule has 2 aliphatic heterocycles. The van der Waals surface area contributed by atoms with Crippen LogP contribution in [0.4, 0.5) is 4.79 Å². The molecule has 9 heteroatoms. The number of urea groups is 1. The second-order valence-corrected chi connectivity index (χ2v) is 5.55. The van der Waals surface area contributed by atoms with Gasteiger partial charge in [0.1, 0.15) is 6.54 Å². The lowest BCUT2D eigenvalue weighted by atomic mass is 10.3. The lowest BCUT2D eigenvalue weighted by Crippen LogP contribution is -2.45. The van der Waals surface area contributed by atoms with Gasteiger partial charge in [-0.3, -0.25) is 19.2 Å². The Morgan fingerprint density at radius 1 is 1.43 bits per heavy atom. The van der Waals surface area contributed by atoms with Crippen molar-refractivity contribution in [1.29, 1.82) is 0 Å². The molecule has 23 heavy (non-hydrogen) atoms. The molecule has 2 fully saturated rings. The number of nitrogens with one attached hydrogen (secondary N) is 1. The molecule has 0 radical (unpaired) electrons. The lowest BCUT2D eigenvalue weighted by Gasteiger charge is -2.25. The molecular weight excluding hydrogens is 302 g/mol. The van der Waals surface area contributed by atoms with E-state index in [9.17, 15) is 14.4 Å². The molecule has 0 saturated carbocycles. The number of amides is 4. The third-order valence-electron chi connectivity index (χ3n) is 3.88. The van der Waals surface area contributed by atoms with Crippen LogP contribution in [-0.4, -0.2) is 76.3 Å². The van der Waals surface area contributed by atoms with Crippen molar-refractivity contribution in [1.82, 2.24) is 24.9 Å². The predicted molar refractivity (Wildman–Crippen MR) is 78.3 cm³/mol. The van der Waals surface area contributed by atoms with Gasteiger partial charge in [0.2, 0.25) is 5.91 Å². The van der Waals surface area contributed by atoms with Gasteiger partial charge in [-0.15, -0.1) is 0 Å². The molecule has 0 bridgehead atoms. The number of aromatic nitrogens is 2. The van der Waals surface area contributed by atoms with E-state index in [1.807, 2.05) is 12.3 Å². The van der Waals surface area contributed by atoms with Gasteiger partial charge in [0.15, 0.2) is 0 Å². The molecule has 9 nitrogen and oxygen atoms in total. The summed E-state index contributed by atoms with van der Waals surface area (Å²) in [5.74, 6) is -0.617. The summed E-state index contributed by atoms with van der Waals surface area (Å²) < 4.78 is 7.51. The zero-order valence-corrected chi connectivity index (χ0v) is 12.7. The minimum absolute atomic E-state index is 0.0445. The number of ether oxygens (including phenoxy) is 1. The van der Waals surface area contributed by atoms with Crippen molar-refractivity contribution in [3.8, 4) is 0 Å². The number of nitrogens with zero attached hydrogens (tertiary/aromatic N) is 4. The first-order valence-corrected chi connectivity index (χ1v) is 7.58. The van der Waals surface area contributed by atoms with Crippen molar-refractivity contribution in [2.24, 2.45) is 0 Å². The van der Waals surface area contributed by atoms with E-state index in [1.165, 1.54) is 0 Å². The molecule has 0 aromatic carbocycles. The molecule has 2 aliphatic rings. The Kier molecular flexibility index (Phi) is 4.56. The van der Waals surface area contributed by atoms with Crippen LogP contribution in [0.1, 0.15) is 6.42 Å². The summed E-state index contributed by atoms with van der Waals surface area (Å²) in [5, 5.41) is 6.55. The number of carbonyl (C=O) groups is 3. The molecule has 124 valence electrons. The fourth-order valence-electron chi connectivity index (χ4n) is 2.70. The number of rotatable bonds is 4. The van der Waals surface area contributed by atoms with Crippen LogP contribution in [0.5, 0.6) is 0 Å². The molecule has 3 rings (SSSR count). The zero-order valence-electron chi connectivity index (χ0n) is 12.7. The number of hydrogen-bond acceptors (Lipinski definition) is 5. The van der Waals surface area contributed by atoms with Crippen LogP contribution < -0.4 is 5.32 Å². The topological polar surface area (TPSA) is 96.8 Å². The van der Waals surface area contributed by atoms with Crippen molar-refractivity contribution >= 4 is 17.8 Å². The van der Waals surface area contributed by atoms with E-state index in [0.717, 1.165) is 11.3 Å². The summed E-state index contributed by atoms with van der Waals surface area (Å²) >= 11 is 0. The van der Waals surface area contributed by atoms with E-state index in [1.54, 1.807) is 15.8 Å². The summed E-state index contributed by atoms with van der Waals surface area (Å²) in [4.78, 5) is 38.1. The van der Waals surface area contributed by atoms with Gasteiger partial charge in [0.05, 0.1) is 19.2 Å². The summed E-state index contributed by atoms with van der Waals surface area (Å²) in [6.45, 7) is 1.83. The van der Waals surface area contributed by atoms with E-state index in [0.29, 0.717) is 26.2 Å². The van der Waals surface area contributed by atoms with Crippen LogP contribution in [-0.2, 0) is 20.9 Å². The van der Waals surface area contributed by atoms with E-state index in [4.69, 9.17) is 4.74 Å². The highest BCUT2D eigenvalue weighted by atomic mass is 16.5. The molecule has 1 aromatic rings. The van der Waals surface area contributed by atoms with Gasteiger partial charge in [0, 0.05) is 32.1 Å². The number of carbonyl (C=O) groups excluding carboxylic acids is 3. The van der Waals surface area contributed by atoms with Gasteiger partial charge in [-0.2, -0.15) is 5.10 Å². The van der Waals surface area contributed by atoms with Crippen LogP contribution in [0.15, 0.2) is 18.5 Å². The quantitative estimate of drug-likeness (QED) is 0.722. The third-order valence-corrected chi connectivity index (χ3v) is 3.88. The smallest absolute Gasteiger partial charge is 0.325 e. The number of imide groups is 1. The molecule has 1 N–H and O–H groups in total. The van der Waals surface area contributed by atoms with E-state index in [2.05, 4.69) is 10.4 Å². The van der Waals surface area contributed by atoms with Crippen LogP contribution in [0, 0.1) is 0 Å². The SMILES string of the molecule is O=C(CN1C(=O)CNC1=O)N1CCCO[C@H](Cn2cccn2)C1. The lowest BCUT2D eigenvalue weighted by molar-refractivity contribution is -0.137. The Balaban J connectivity index is 1.60. The van der Waals surface area contributed by atoms with Crippen molar-refractivity contribution in [2.45, 2.75) is 19.1 Å². The second-order valence-electron chi connectivity index (χ2n) is 5.55. The monoisotopic (exact) mass is 321 g/mol. The molecular formula is C14H19N5O4. The molecule has 1 atom stereocenters. The predicted octanol–water partition coefficient (Wildman–Crippen LogP) is -0.948. The highest BCUT2D eigenvalue weighted by Crippen LogP contribution is 2.10. The van der Waals surface area contributed by atoms with Crippen LogP contribution in [0.25, 0.3) is 0 Å². The number of hydrogen-bond donors (Lipinski definition) is 1. The first-order valence-electron chi connectivity index (χ1n) is 7.58. The first kappa shape index (κ1) is 15.5. The summed E-state index contributed by atoms with van der Waals surface area (Å²) in [6, 6.07) is 1.32. The second kappa shape index (κ2) is 6.78. The minimum Gasteiger partial charge on any atom is -0.374 e. The molecule has 4 amide bonds.